The van der Waals surface area contributed by atoms with Crippen molar-refractivity contribution in [3.05, 3.63) is 33.8 Å². The van der Waals surface area contributed by atoms with Gasteiger partial charge in [-0.2, -0.15) is 0 Å². The number of hydrogen-bond acceptors (Lipinski definition) is 1. The van der Waals surface area contributed by atoms with Crippen LogP contribution in [0.5, 0.6) is 0 Å². The molecule has 17 heavy (non-hydrogen) atoms. The molecule has 1 N–H and O–H groups in total. The van der Waals surface area contributed by atoms with Crippen LogP contribution in [0.25, 0.3) is 0 Å². The van der Waals surface area contributed by atoms with Crippen molar-refractivity contribution in [2.45, 2.75) is 19.8 Å². The molecule has 1 saturated carbocycles. The highest BCUT2D eigenvalue weighted by Gasteiger charge is 2.41. The monoisotopic (exact) mass is 359 g/mol. The Morgan fingerprint density at radius 1 is 1.47 bits per heavy atom. The van der Waals surface area contributed by atoms with Crippen molar-refractivity contribution in [1.82, 2.24) is 5.32 Å². The summed E-state index contributed by atoms with van der Waals surface area (Å²) in [7, 11) is 0. The average Bonchev–Trinajstić information content (AvgIpc) is 3.10. The second kappa shape index (κ2) is 5.11. The van der Waals surface area contributed by atoms with Crippen LogP contribution in [0.3, 0.4) is 0 Å². The lowest BCUT2D eigenvalue weighted by molar-refractivity contribution is 0.0946. The molecule has 4 heteroatoms. The number of nitrogens with one attached hydrogen (secondary N) is 1. The van der Waals surface area contributed by atoms with Crippen LogP contribution < -0.4 is 5.32 Å². The van der Waals surface area contributed by atoms with Crippen molar-refractivity contribution in [3.8, 4) is 0 Å². The molecule has 1 aliphatic rings. The van der Waals surface area contributed by atoms with Crippen molar-refractivity contribution in [2.75, 3.05) is 11.9 Å². The number of carbonyl (C=O) groups excluding carboxylic acids is 1. The van der Waals surface area contributed by atoms with E-state index in [1.54, 1.807) is 0 Å². The van der Waals surface area contributed by atoms with Gasteiger partial charge in [-0.15, -0.1) is 0 Å². The van der Waals surface area contributed by atoms with E-state index in [9.17, 15) is 4.79 Å². The molecule has 0 unspecified atom stereocenters. The number of alkyl halides is 1. The van der Waals surface area contributed by atoms with E-state index in [2.05, 4.69) is 37.2 Å². The first-order chi connectivity index (χ1) is 8.06. The van der Waals surface area contributed by atoms with Gasteiger partial charge < -0.3 is 5.32 Å². The third-order valence-corrected chi connectivity index (χ3v) is 5.36. The van der Waals surface area contributed by atoms with E-state index in [-0.39, 0.29) is 5.91 Å². The van der Waals surface area contributed by atoms with E-state index in [1.807, 2.05) is 25.1 Å². The first-order valence-electron chi connectivity index (χ1n) is 5.67. The molecule has 0 aromatic heterocycles. The van der Waals surface area contributed by atoms with Crippen LogP contribution in [0.15, 0.2) is 22.7 Å². The first kappa shape index (κ1) is 13.1. The standard InChI is InChI=1S/C13H15Br2NO/c1-9-6-10(2-3-11(9)15)12(17)16-8-13(7-14)4-5-13/h2-3,6H,4-5,7-8H2,1H3,(H,16,17). The maximum absolute atomic E-state index is 12.0. The van der Waals surface area contributed by atoms with E-state index < -0.39 is 0 Å². The summed E-state index contributed by atoms with van der Waals surface area (Å²) >= 11 is 6.94. The molecule has 1 amide bonds. The number of rotatable bonds is 4. The molecule has 0 bridgehead atoms. The fraction of sp³-hybridized carbons (Fsp3) is 0.462. The summed E-state index contributed by atoms with van der Waals surface area (Å²) in [5, 5.41) is 3.99. The Hall–Kier alpha value is -0.350. The van der Waals surface area contributed by atoms with Crippen molar-refractivity contribution in [2.24, 2.45) is 5.41 Å². The molecule has 1 aromatic carbocycles. The predicted molar refractivity (Wildman–Crippen MR) is 76.7 cm³/mol. The van der Waals surface area contributed by atoms with Gasteiger partial charge in [-0.3, -0.25) is 4.79 Å². The van der Waals surface area contributed by atoms with Gasteiger partial charge in [0.05, 0.1) is 0 Å². The molecule has 2 rings (SSSR count). The van der Waals surface area contributed by atoms with Crippen LogP contribution >= 0.6 is 31.9 Å². The highest BCUT2D eigenvalue weighted by Crippen LogP contribution is 2.46. The van der Waals surface area contributed by atoms with E-state index >= 15 is 0 Å². The predicted octanol–water partition coefficient (Wildman–Crippen LogP) is 3.66. The van der Waals surface area contributed by atoms with Crippen LogP contribution in [0.2, 0.25) is 0 Å². The van der Waals surface area contributed by atoms with Gasteiger partial charge in [-0.05, 0) is 48.9 Å². The fourth-order valence-corrected chi connectivity index (χ4v) is 2.70. The quantitative estimate of drug-likeness (QED) is 0.815. The summed E-state index contributed by atoms with van der Waals surface area (Å²) in [4.78, 5) is 12.0. The largest absolute Gasteiger partial charge is 0.351 e. The third-order valence-electron chi connectivity index (χ3n) is 3.28. The Labute approximate surface area is 118 Å². The van der Waals surface area contributed by atoms with Crippen molar-refractivity contribution < 1.29 is 4.79 Å². The SMILES string of the molecule is Cc1cc(C(=O)NCC2(CBr)CC2)ccc1Br. The molecule has 0 saturated heterocycles. The summed E-state index contributed by atoms with van der Waals surface area (Å²) in [6, 6.07) is 5.68. The van der Waals surface area contributed by atoms with Crippen molar-refractivity contribution in [3.63, 3.8) is 0 Å². The molecule has 2 nitrogen and oxygen atoms in total. The zero-order valence-electron chi connectivity index (χ0n) is 9.72. The van der Waals surface area contributed by atoms with Gasteiger partial charge in [-0.1, -0.05) is 31.9 Å². The van der Waals surface area contributed by atoms with Gasteiger partial charge in [0.1, 0.15) is 0 Å². The highest BCUT2D eigenvalue weighted by molar-refractivity contribution is 9.10. The lowest BCUT2D eigenvalue weighted by Crippen LogP contribution is -2.30. The Kier molecular flexibility index (Phi) is 3.93. The Morgan fingerprint density at radius 3 is 2.71 bits per heavy atom. The first-order valence-corrected chi connectivity index (χ1v) is 7.58. The molecule has 0 spiro atoms. The average molecular weight is 361 g/mol. The van der Waals surface area contributed by atoms with Crippen molar-refractivity contribution >= 4 is 37.8 Å². The zero-order valence-corrected chi connectivity index (χ0v) is 12.9. The number of halogens is 2. The van der Waals surface area contributed by atoms with E-state index in [0.717, 1.165) is 27.5 Å². The molecule has 0 heterocycles. The molecular weight excluding hydrogens is 346 g/mol. The molecule has 92 valence electrons. The number of amides is 1. The topological polar surface area (TPSA) is 29.1 Å². The van der Waals surface area contributed by atoms with Gasteiger partial charge in [-0.25, -0.2) is 0 Å². The molecule has 0 radical (unpaired) electrons. The molecule has 1 fully saturated rings. The molecule has 1 aliphatic carbocycles. The number of hydrogen-bond donors (Lipinski definition) is 1. The van der Waals surface area contributed by atoms with Gasteiger partial charge in [0.15, 0.2) is 0 Å². The van der Waals surface area contributed by atoms with E-state index in [1.165, 1.54) is 12.8 Å². The van der Waals surface area contributed by atoms with Gasteiger partial charge in [0, 0.05) is 21.9 Å². The number of aryl methyl sites for hydroxylation is 1. The van der Waals surface area contributed by atoms with Gasteiger partial charge in [0.25, 0.3) is 5.91 Å². The van der Waals surface area contributed by atoms with Crippen LogP contribution in [0.4, 0.5) is 0 Å². The summed E-state index contributed by atoms with van der Waals surface area (Å²) < 4.78 is 1.04. The van der Waals surface area contributed by atoms with Crippen LogP contribution in [-0.4, -0.2) is 17.8 Å². The summed E-state index contributed by atoms with van der Waals surface area (Å²) in [6.45, 7) is 2.76. The minimum Gasteiger partial charge on any atom is -0.351 e. The Bertz CT molecular complexity index is 441. The van der Waals surface area contributed by atoms with E-state index in [4.69, 9.17) is 0 Å². The Balaban J connectivity index is 1.97. The van der Waals surface area contributed by atoms with Crippen LogP contribution in [0.1, 0.15) is 28.8 Å². The molecule has 1 aromatic rings. The number of benzene rings is 1. The summed E-state index contributed by atoms with van der Waals surface area (Å²) in [5.74, 6) is 0.0211. The smallest absolute Gasteiger partial charge is 0.251 e. The minimum absolute atomic E-state index is 0.0211. The molecular formula is C13H15Br2NO. The van der Waals surface area contributed by atoms with E-state index in [0.29, 0.717) is 5.41 Å². The Morgan fingerprint density at radius 2 is 2.18 bits per heavy atom. The highest BCUT2D eigenvalue weighted by atomic mass is 79.9. The summed E-state index contributed by atoms with van der Waals surface area (Å²) in [5.41, 5.74) is 2.13. The number of carbonyl (C=O) groups is 1. The minimum atomic E-state index is 0.0211. The van der Waals surface area contributed by atoms with Crippen LogP contribution in [-0.2, 0) is 0 Å². The lowest BCUT2D eigenvalue weighted by atomic mass is 10.1. The normalized spacial score (nSPS) is 16.6. The second-order valence-corrected chi connectivity index (χ2v) is 6.20. The molecule has 0 atom stereocenters. The second-order valence-electron chi connectivity index (χ2n) is 4.78. The zero-order chi connectivity index (χ0) is 12.5. The molecule has 0 aliphatic heterocycles. The maximum Gasteiger partial charge on any atom is 0.251 e. The lowest BCUT2D eigenvalue weighted by Gasteiger charge is -2.13. The third kappa shape index (κ3) is 3.10. The summed E-state index contributed by atoms with van der Waals surface area (Å²) in [6.07, 6.45) is 2.41. The fourth-order valence-electron chi connectivity index (χ4n) is 1.69. The van der Waals surface area contributed by atoms with Crippen LogP contribution in [0, 0.1) is 12.3 Å². The van der Waals surface area contributed by atoms with Gasteiger partial charge >= 0.3 is 0 Å². The van der Waals surface area contributed by atoms with Crippen molar-refractivity contribution in [1.29, 1.82) is 0 Å². The van der Waals surface area contributed by atoms with Gasteiger partial charge in [0.2, 0.25) is 0 Å². The maximum atomic E-state index is 12.0.